The number of alkyl halides is 14. The molecular formula is C16H18F14O3. The van der Waals surface area contributed by atoms with Gasteiger partial charge in [-0.25, -0.2) is 9.13 Å². The van der Waals surface area contributed by atoms with Crippen LogP contribution in [0.15, 0.2) is 12.7 Å². The highest BCUT2D eigenvalue weighted by Gasteiger charge is 2.81. The first kappa shape index (κ1) is 31.6. The molecule has 0 N–H and O–H groups in total. The molecule has 0 rings (SSSR count). The molecule has 17 heteroatoms. The summed E-state index contributed by atoms with van der Waals surface area (Å²) in [6.07, 6.45) is -22.9. The minimum Gasteiger partial charge on any atom is -0.377 e. The molecule has 0 aliphatic carbocycles. The van der Waals surface area contributed by atoms with Crippen LogP contribution in [0, 0.1) is 0 Å². The fraction of sp³-hybridized carbons (Fsp3) is 0.875. The standard InChI is InChI=1S/C16H18F14O3/c1-2-6-31-8-5-10(17)4-3-7-32-9-11(18,19)12(20,21)15(27,28)33-16(29,30)13(22,23)14(24,25)26/h2,10H,1,3-9H2/t10-/m0/s1. The normalized spacial score (nSPS) is 15.6. The van der Waals surface area contributed by atoms with E-state index in [1.807, 2.05) is 0 Å². The summed E-state index contributed by atoms with van der Waals surface area (Å²) < 4.78 is 190. The predicted molar refractivity (Wildman–Crippen MR) is 82.5 cm³/mol. The Bertz CT molecular complexity index is 606. The van der Waals surface area contributed by atoms with Crippen LogP contribution in [0.5, 0.6) is 0 Å². The molecule has 0 saturated carbocycles. The summed E-state index contributed by atoms with van der Waals surface area (Å²) in [5.74, 6) is -20.5. The second-order valence-corrected chi connectivity index (χ2v) is 6.43. The van der Waals surface area contributed by atoms with Crippen molar-refractivity contribution in [3.63, 3.8) is 0 Å². The molecule has 0 bridgehead atoms. The van der Waals surface area contributed by atoms with Gasteiger partial charge in [-0.3, -0.25) is 0 Å². The fourth-order valence-electron chi connectivity index (χ4n) is 1.89. The first-order valence-corrected chi connectivity index (χ1v) is 8.72. The molecule has 0 aromatic heterocycles. The van der Waals surface area contributed by atoms with Crippen molar-refractivity contribution in [2.24, 2.45) is 0 Å². The Morgan fingerprint density at radius 1 is 0.697 bits per heavy atom. The molecule has 0 aromatic rings. The molecular weight excluding hydrogens is 506 g/mol. The molecule has 0 radical (unpaired) electrons. The van der Waals surface area contributed by atoms with Gasteiger partial charge in [-0.05, 0) is 12.8 Å². The lowest BCUT2D eigenvalue weighted by atomic mass is 10.1. The van der Waals surface area contributed by atoms with Crippen molar-refractivity contribution in [2.75, 3.05) is 26.4 Å². The molecule has 0 fully saturated rings. The second-order valence-electron chi connectivity index (χ2n) is 6.43. The summed E-state index contributed by atoms with van der Waals surface area (Å²) in [5, 5.41) is 0. The van der Waals surface area contributed by atoms with Gasteiger partial charge in [0.1, 0.15) is 12.8 Å². The van der Waals surface area contributed by atoms with Gasteiger partial charge in [-0.2, -0.15) is 57.1 Å². The average Bonchev–Trinajstić information content (AvgIpc) is 2.62. The van der Waals surface area contributed by atoms with E-state index in [1.165, 1.54) is 6.08 Å². The second kappa shape index (κ2) is 11.4. The van der Waals surface area contributed by atoms with E-state index in [-0.39, 0.29) is 26.1 Å². The van der Waals surface area contributed by atoms with E-state index in [2.05, 4.69) is 11.3 Å². The topological polar surface area (TPSA) is 27.7 Å². The minimum atomic E-state index is -7.43. The molecule has 0 heterocycles. The average molecular weight is 524 g/mol. The summed E-state index contributed by atoms with van der Waals surface area (Å²) in [5.41, 5.74) is 0. The van der Waals surface area contributed by atoms with Crippen molar-refractivity contribution in [1.29, 1.82) is 0 Å². The molecule has 0 aliphatic rings. The highest BCUT2D eigenvalue weighted by atomic mass is 19.4. The first-order valence-electron chi connectivity index (χ1n) is 8.72. The Morgan fingerprint density at radius 2 is 1.21 bits per heavy atom. The molecule has 1 atom stereocenters. The molecule has 0 amide bonds. The summed E-state index contributed by atoms with van der Waals surface area (Å²) in [4.78, 5) is 0. The van der Waals surface area contributed by atoms with Gasteiger partial charge in [0.25, 0.3) is 0 Å². The zero-order chi connectivity index (χ0) is 26.4. The molecule has 0 unspecified atom stereocenters. The number of rotatable bonds is 16. The minimum absolute atomic E-state index is 0.0502. The van der Waals surface area contributed by atoms with Crippen LogP contribution in [-0.2, 0) is 14.2 Å². The number of hydrogen-bond acceptors (Lipinski definition) is 3. The molecule has 198 valence electrons. The lowest BCUT2D eigenvalue weighted by Crippen LogP contribution is -2.63. The third-order valence-corrected chi connectivity index (χ3v) is 3.70. The highest BCUT2D eigenvalue weighted by molar-refractivity contribution is 4.94. The van der Waals surface area contributed by atoms with Crippen molar-refractivity contribution >= 4 is 0 Å². The number of ether oxygens (including phenoxy) is 3. The van der Waals surface area contributed by atoms with E-state index in [1.54, 1.807) is 4.74 Å². The lowest BCUT2D eigenvalue weighted by Gasteiger charge is -2.35. The van der Waals surface area contributed by atoms with E-state index in [9.17, 15) is 61.5 Å². The van der Waals surface area contributed by atoms with Gasteiger partial charge in [0.2, 0.25) is 0 Å². The number of halogens is 14. The van der Waals surface area contributed by atoms with Crippen LogP contribution >= 0.6 is 0 Å². The monoisotopic (exact) mass is 524 g/mol. The number of hydrogen-bond donors (Lipinski definition) is 0. The quantitative estimate of drug-likeness (QED) is 0.133. The zero-order valence-electron chi connectivity index (χ0n) is 16.3. The van der Waals surface area contributed by atoms with Crippen LogP contribution in [0.2, 0.25) is 0 Å². The van der Waals surface area contributed by atoms with Gasteiger partial charge in [-0.1, -0.05) is 6.08 Å². The summed E-state index contributed by atoms with van der Waals surface area (Å²) in [6.45, 7) is -0.135. The van der Waals surface area contributed by atoms with Crippen LogP contribution in [0.25, 0.3) is 0 Å². The van der Waals surface area contributed by atoms with Crippen LogP contribution in [0.3, 0.4) is 0 Å². The largest absolute Gasteiger partial charge is 0.462 e. The maximum Gasteiger partial charge on any atom is 0.462 e. The maximum atomic E-state index is 13.4. The van der Waals surface area contributed by atoms with E-state index in [4.69, 9.17) is 4.74 Å². The van der Waals surface area contributed by atoms with E-state index in [0.29, 0.717) is 0 Å². The summed E-state index contributed by atoms with van der Waals surface area (Å²) >= 11 is 0. The molecule has 0 saturated heterocycles. The Hall–Kier alpha value is -1.36. The van der Waals surface area contributed by atoms with Crippen LogP contribution in [0.4, 0.5) is 61.5 Å². The fourth-order valence-corrected chi connectivity index (χ4v) is 1.89. The summed E-state index contributed by atoms with van der Waals surface area (Å²) in [7, 11) is 0. The van der Waals surface area contributed by atoms with Crippen LogP contribution in [-0.4, -0.2) is 68.8 Å². The maximum absolute atomic E-state index is 13.4. The van der Waals surface area contributed by atoms with Crippen LogP contribution in [0.1, 0.15) is 19.3 Å². The Labute approximate surface area is 177 Å². The smallest absolute Gasteiger partial charge is 0.377 e. The SMILES string of the molecule is C=CCOCC[C@@H](F)CCCOCC(F)(F)C(F)(F)C(F)(F)OC(F)(F)C(F)(F)C(F)(F)F. The molecule has 0 aliphatic heterocycles. The van der Waals surface area contributed by atoms with E-state index in [0.717, 1.165) is 0 Å². The molecule has 0 spiro atoms. The van der Waals surface area contributed by atoms with Gasteiger partial charge in [0, 0.05) is 19.6 Å². The van der Waals surface area contributed by atoms with Gasteiger partial charge in [0.15, 0.2) is 0 Å². The predicted octanol–water partition coefficient (Wildman–Crippen LogP) is 6.38. The van der Waals surface area contributed by atoms with Crippen LogP contribution < -0.4 is 0 Å². The molecule has 33 heavy (non-hydrogen) atoms. The zero-order valence-corrected chi connectivity index (χ0v) is 16.3. The lowest BCUT2D eigenvalue weighted by molar-refractivity contribution is -0.509. The highest BCUT2D eigenvalue weighted by Crippen LogP contribution is 2.53. The van der Waals surface area contributed by atoms with Gasteiger partial charge in [-0.15, -0.1) is 6.58 Å². The third-order valence-electron chi connectivity index (χ3n) is 3.70. The van der Waals surface area contributed by atoms with Gasteiger partial charge < -0.3 is 9.47 Å². The first-order chi connectivity index (χ1) is 14.7. The Morgan fingerprint density at radius 3 is 1.70 bits per heavy atom. The van der Waals surface area contributed by atoms with Crippen molar-refractivity contribution < 1.29 is 75.7 Å². The Balaban J connectivity index is 4.94. The van der Waals surface area contributed by atoms with Crippen molar-refractivity contribution in [2.45, 2.75) is 61.6 Å². The summed E-state index contributed by atoms with van der Waals surface area (Å²) in [6, 6.07) is 0. The molecule has 0 aromatic carbocycles. The van der Waals surface area contributed by atoms with Crippen molar-refractivity contribution in [3.8, 4) is 0 Å². The van der Waals surface area contributed by atoms with Crippen molar-refractivity contribution in [3.05, 3.63) is 12.7 Å². The van der Waals surface area contributed by atoms with Gasteiger partial charge >= 0.3 is 36.2 Å². The third kappa shape index (κ3) is 8.12. The van der Waals surface area contributed by atoms with Crippen molar-refractivity contribution in [1.82, 2.24) is 0 Å². The molecule has 3 nitrogen and oxygen atoms in total. The van der Waals surface area contributed by atoms with Gasteiger partial charge in [0.05, 0.1) is 6.61 Å². The van der Waals surface area contributed by atoms with E-state index < -0.39 is 62.0 Å². The van der Waals surface area contributed by atoms with E-state index >= 15 is 0 Å². The Kier molecular flexibility index (Phi) is 10.9.